The number of hydrogen-bond acceptors (Lipinski definition) is 6. The molecule has 0 fully saturated rings. The Bertz CT molecular complexity index is 1100. The summed E-state index contributed by atoms with van der Waals surface area (Å²) >= 11 is 0. The van der Waals surface area contributed by atoms with Crippen LogP contribution in [0.2, 0.25) is 0 Å². The lowest BCUT2D eigenvalue weighted by molar-refractivity contribution is -0.152. The molecular formula is C20H15F3O6. The summed E-state index contributed by atoms with van der Waals surface area (Å²) in [7, 11) is 2.70. The van der Waals surface area contributed by atoms with Crippen LogP contribution in [0.5, 0.6) is 11.5 Å². The maximum Gasteiger partial charge on any atom is 0.450 e. The van der Waals surface area contributed by atoms with Crippen LogP contribution in [0.4, 0.5) is 13.2 Å². The van der Waals surface area contributed by atoms with Crippen molar-refractivity contribution in [2.24, 2.45) is 0 Å². The Hall–Kier alpha value is -3.33. The summed E-state index contributed by atoms with van der Waals surface area (Å²) in [6, 6.07) is 9.15. The molecule has 3 rings (SSSR count). The van der Waals surface area contributed by atoms with Crippen LogP contribution in [0.3, 0.4) is 0 Å². The number of rotatable bonds is 5. The van der Waals surface area contributed by atoms with Crippen molar-refractivity contribution < 1.29 is 36.6 Å². The van der Waals surface area contributed by atoms with Crippen LogP contribution >= 0.6 is 0 Å². The highest BCUT2D eigenvalue weighted by molar-refractivity contribution is 5.85. The number of hydrogen-bond donors (Lipinski definition) is 0. The summed E-state index contributed by atoms with van der Waals surface area (Å²) < 4.78 is 60.5. The first-order valence-corrected chi connectivity index (χ1v) is 8.26. The summed E-state index contributed by atoms with van der Waals surface area (Å²) in [5.74, 6) is -1.84. The molecule has 0 aliphatic rings. The van der Waals surface area contributed by atoms with Gasteiger partial charge in [-0.05, 0) is 29.8 Å². The van der Waals surface area contributed by atoms with E-state index in [2.05, 4.69) is 4.74 Å². The normalized spacial score (nSPS) is 11.5. The van der Waals surface area contributed by atoms with Crippen molar-refractivity contribution in [3.63, 3.8) is 0 Å². The maximum absolute atomic E-state index is 13.6. The Morgan fingerprint density at radius 3 is 2.28 bits per heavy atom. The van der Waals surface area contributed by atoms with Crippen molar-refractivity contribution in [2.75, 3.05) is 20.8 Å². The number of alkyl halides is 3. The number of esters is 1. The molecule has 9 heteroatoms. The third-order valence-electron chi connectivity index (χ3n) is 3.99. The molecule has 0 spiro atoms. The second kappa shape index (κ2) is 7.96. The largest absolute Gasteiger partial charge is 0.497 e. The van der Waals surface area contributed by atoms with Gasteiger partial charge in [0.1, 0.15) is 23.7 Å². The van der Waals surface area contributed by atoms with Crippen molar-refractivity contribution in [1.82, 2.24) is 0 Å². The van der Waals surface area contributed by atoms with E-state index in [-0.39, 0.29) is 28.9 Å². The second-order valence-electron chi connectivity index (χ2n) is 5.93. The van der Waals surface area contributed by atoms with E-state index in [1.807, 2.05) is 0 Å². The molecule has 0 bridgehead atoms. The predicted octanol–water partition coefficient (Wildman–Crippen LogP) is 4.04. The predicted molar refractivity (Wildman–Crippen MR) is 97.0 cm³/mol. The average Bonchev–Trinajstić information content (AvgIpc) is 2.67. The molecule has 6 nitrogen and oxygen atoms in total. The molecular weight excluding hydrogens is 393 g/mol. The molecule has 0 atom stereocenters. The van der Waals surface area contributed by atoms with Crippen LogP contribution in [-0.2, 0) is 15.7 Å². The molecule has 0 aliphatic carbocycles. The van der Waals surface area contributed by atoms with Crippen molar-refractivity contribution >= 4 is 16.9 Å². The average molecular weight is 408 g/mol. The Morgan fingerprint density at radius 1 is 1.03 bits per heavy atom. The zero-order chi connectivity index (χ0) is 21.2. The summed E-state index contributed by atoms with van der Waals surface area (Å²) in [4.78, 5) is 24.4. The maximum atomic E-state index is 13.6. The first-order chi connectivity index (χ1) is 13.7. The highest BCUT2D eigenvalue weighted by atomic mass is 19.4. The number of benzene rings is 2. The number of carbonyl (C=O) groups is 1. The lowest BCUT2D eigenvalue weighted by atomic mass is 10.0. The fraction of sp³-hybridized carbons (Fsp3) is 0.200. The van der Waals surface area contributed by atoms with Crippen molar-refractivity contribution in [1.29, 1.82) is 0 Å². The summed E-state index contributed by atoms with van der Waals surface area (Å²) in [6.45, 7) is -0.341. The standard InChI is InChI=1S/C20H15F3O6/c1-26-10-16(24)28-13-7-8-14-15(9-13)29-19(20(21,22)23)17(18(14)25)11-3-5-12(27-2)6-4-11/h3-9H,10H2,1-2H3. The molecule has 29 heavy (non-hydrogen) atoms. The van der Waals surface area contributed by atoms with Crippen LogP contribution in [0.1, 0.15) is 5.76 Å². The lowest BCUT2D eigenvalue weighted by Crippen LogP contribution is -2.16. The van der Waals surface area contributed by atoms with Gasteiger partial charge < -0.3 is 18.6 Å². The summed E-state index contributed by atoms with van der Waals surface area (Å²) in [5, 5.41) is -0.0876. The van der Waals surface area contributed by atoms with Crippen LogP contribution in [0.25, 0.3) is 22.1 Å². The fourth-order valence-electron chi connectivity index (χ4n) is 2.74. The van der Waals surface area contributed by atoms with E-state index < -0.39 is 28.9 Å². The minimum absolute atomic E-state index is 0.0318. The molecule has 3 aromatic rings. The summed E-state index contributed by atoms with van der Waals surface area (Å²) in [6.07, 6.45) is -4.93. The van der Waals surface area contributed by atoms with Gasteiger partial charge in [0.15, 0.2) is 0 Å². The smallest absolute Gasteiger partial charge is 0.450 e. The van der Waals surface area contributed by atoms with E-state index in [1.54, 1.807) is 0 Å². The Balaban J connectivity index is 2.19. The fourth-order valence-corrected chi connectivity index (χ4v) is 2.74. The first kappa shape index (κ1) is 20.4. The molecule has 0 amide bonds. The Labute approximate surface area is 162 Å². The highest BCUT2D eigenvalue weighted by Gasteiger charge is 2.39. The minimum Gasteiger partial charge on any atom is -0.497 e. The van der Waals surface area contributed by atoms with E-state index in [4.69, 9.17) is 13.9 Å². The Kier molecular flexibility index (Phi) is 5.60. The number of fused-ring (bicyclic) bond motifs is 1. The van der Waals surface area contributed by atoms with Crippen LogP contribution in [0, 0.1) is 0 Å². The zero-order valence-corrected chi connectivity index (χ0v) is 15.3. The van der Waals surface area contributed by atoms with E-state index >= 15 is 0 Å². The molecule has 0 radical (unpaired) electrons. The molecule has 0 aliphatic heterocycles. The molecule has 2 aromatic carbocycles. The third kappa shape index (κ3) is 4.24. The Morgan fingerprint density at radius 2 is 1.69 bits per heavy atom. The molecule has 1 aromatic heterocycles. The second-order valence-corrected chi connectivity index (χ2v) is 5.93. The SMILES string of the molecule is COCC(=O)Oc1ccc2c(=O)c(-c3ccc(OC)cc3)c(C(F)(F)F)oc2c1. The number of halogens is 3. The van der Waals surface area contributed by atoms with Crippen LogP contribution in [-0.4, -0.2) is 26.8 Å². The van der Waals surface area contributed by atoms with Crippen molar-refractivity contribution in [2.45, 2.75) is 6.18 Å². The van der Waals surface area contributed by atoms with E-state index in [1.165, 1.54) is 50.6 Å². The first-order valence-electron chi connectivity index (χ1n) is 8.26. The van der Waals surface area contributed by atoms with Crippen molar-refractivity contribution in [3.05, 3.63) is 58.4 Å². The van der Waals surface area contributed by atoms with E-state index in [9.17, 15) is 22.8 Å². The number of methoxy groups -OCH3 is 2. The molecule has 0 saturated carbocycles. The summed E-state index contributed by atoms with van der Waals surface area (Å²) in [5.41, 5.74) is -1.80. The van der Waals surface area contributed by atoms with Crippen LogP contribution < -0.4 is 14.9 Å². The molecule has 1 heterocycles. The van der Waals surface area contributed by atoms with Gasteiger partial charge in [0.05, 0.1) is 18.1 Å². The minimum atomic E-state index is -4.93. The molecule has 0 unspecified atom stereocenters. The van der Waals surface area contributed by atoms with Gasteiger partial charge in [-0.2, -0.15) is 13.2 Å². The van der Waals surface area contributed by atoms with Gasteiger partial charge in [0.25, 0.3) is 0 Å². The van der Waals surface area contributed by atoms with Gasteiger partial charge in [-0.15, -0.1) is 0 Å². The highest BCUT2D eigenvalue weighted by Crippen LogP contribution is 2.38. The third-order valence-corrected chi connectivity index (χ3v) is 3.99. The molecule has 152 valence electrons. The van der Waals surface area contributed by atoms with Gasteiger partial charge >= 0.3 is 12.1 Å². The van der Waals surface area contributed by atoms with Crippen LogP contribution in [0.15, 0.2) is 51.7 Å². The van der Waals surface area contributed by atoms with Gasteiger partial charge in [0, 0.05) is 13.2 Å². The number of carbonyl (C=O) groups excluding carboxylic acids is 1. The van der Waals surface area contributed by atoms with Gasteiger partial charge in [0.2, 0.25) is 11.2 Å². The lowest BCUT2D eigenvalue weighted by Gasteiger charge is -2.13. The van der Waals surface area contributed by atoms with Gasteiger partial charge in [-0.1, -0.05) is 12.1 Å². The van der Waals surface area contributed by atoms with E-state index in [0.717, 1.165) is 6.07 Å². The topological polar surface area (TPSA) is 75.0 Å². The van der Waals surface area contributed by atoms with E-state index in [0.29, 0.717) is 5.75 Å². The van der Waals surface area contributed by atoms with Gasteiger partial charge in [-0.3, -0.25) is 4.79 Å². The van der Waals surface area contributed by atoms with Gasteiger partial charge in [-0.25, -0.2) is 4.79 Å². The number of ether oxygens (including phenoxy) is 3. The molecule has 0 N–H and O–H groups in total. The molecule has 0 saturated heterocycles. The monoisotopic (exact) mass is 408 g/mol. The van der Waals surface area contributed by atoms with Crippen molar-refractivity contribution in [3.8, 4) is 22.6 Å². The zero-order valence-electron chi connectivity index (χ0n) is 15.3. The quantitative estimate of drug-likeness (QED) is 0.469.